The summed E-state index contributed by atoms with van der Waals surface area (Å²) in [6.45, 7) is 2.77. The number of piperazine rings is 1. The molecular weight excluding hydrogens is 422 g/mol. The predicted molar refractivity (Wildman–Crippen MR) is 124 cm³/mol. The Bertz CT molecular complexity index is 1090. The Balaban J connectivity index is 1.37. The summed E-state index contributed by atoms with van der Waals surface area (Å²) in [5, 5.41) is 0.833. The summed E-state index contributed by atoms with van der Waals surface area (Å²) >= 11 is 1.43. The van der Waals surface area contributed by atoms with Crippen molar-refractivity contribution in [2.75, 3.05) is 32.8 Å². The third kappa shape index (κ3) is 4.18. The van der Waals surface area contributed by atoms with Gasteiger partial charge in [-0.15, -0.1) is 11.3 Å². The fraction of sp³-hybridized carbons (Fsp3) is 0.320. The molecule has 32 heavy (non-hydrogen) atoms. The molecule has 6 nitrogen and oxygen atoms in total. The highest BCUT2D eigenvalue weighted by molar-refractivity contribution is 7.17. The van der Waals surface area contributed by atoms with Gasteiger partial charge in [0.05, 0.1) is 5.69 Å². The van der Waals surface area contributed by atoms with Gasteiger partial charge in [-0.25, -0.2) is 4.98 Å². The number of aromatic nitrogens is 1. The van der Waals surface area contributed by atoms with Crippen LogP contribution in [-0.4, -0.2) is 65.5 Å². The molecule has 2 saturated heterocycles. The third-order valence-electron chi connectivity index (χ3n) is 5.97. The molecule has 0 saturated carbocycles. The molecule has 0 radical (unpaired) electrons. The van der Waals surface area contributed by atoms with E-state index in [-0.39, 0.29) is 17.9 Å². The van der Waals surface area contributed by atoms with E-state index in [9.17, 15) is 9.59 Å². The topological polar surface area (TPSA) is 62.7 Å². The molecule has 1 unspecified atom stereocenters. The van der Waals surface area contributed by atoms with Crippen molar-refractivity contribution in [3.8, 4) is 21.8 Å². The van der Waals surface area contributed by atoms with Crippen LogP contribution in [0.5, 0.6) is 0 Å². The van der Waals surface area contributed by atoms with Gasteiger partial charge in [0.1, 0.15) is 16.0 Å². The predicted octanol–water partition coefficient (Wildman–Crippen LogP) is 3.94. The van der Waals surface area contributed by atoms with Crippen LogP contribution < -0.4 is 0 Å². The monoisotopic (exact) mass is 447 g/mol. The van der Waals surface area contributed by atoms with Crippen LogP contribution in [-0.2, 0) is 9.53 Å². The van der Waals surface area contributed by atoms with Gasteiger partial charge in [0, 0.05) is 43.9 Å². The standard InChI is InChI=1S/C25H25N3O3S/c29-24(20-12-7-17-31-20)27-13-15-28(16-14-27)25(30)22-21(18-8-3-1-4-9-18)26-23(32-22)19-10-5-2-6-11-19/h1-6,8-11,20H,7,12-17H2. The summed E-state index contributed by atoms with van der Waals surface area (Å²) in [5.74, 6) is 0.0384. The molecule has 0 N–H and O–H groups in total. The minimum Gasteiger partial charge on any atom is -0.368 e. The first kappa shape index (κ1) is 20.8. The highest BCUT2D eigenvalue weighted by Gasteiger charge is 2.33. The van der Waals surface area contributed by atoms with Crippen LogP contribution in [0.2, 0.25) is 0 Å². The number of carbonyl (C=O) groups excluding carboxylic acids is 2. The first-order valence-corrected chi connectivity index (χ1v) is 11.8. The molecule has 2 amide bonds. The summed E-state index contributed by atoms with van der Waals surface area (Å²) in [6.07, 6.45) is 1.42. The van der Waals surface area contributed by atoms with E-state index in [1.54, 1.807) is 0 Å². The van der Waals surface area contributed by atoms with Gasteiger partial charge in [0.2, 0.25) is 0 Å². The molecule has 2 fully saturated rings. The number of hydrogen-bond donors (Lipinski definition) is 0. The Morgan fingerprint density at radius 1 is 0.875 bits per heavy atom. The Labute approximate surface area is 191 Å². The molecule has 2 aromatic carbocycles. The zero-order chi connectivity index (χ0) is 21.9. The largest absolute Gasteiger partial charge is 0.368 e. The fourth-order valence-corrected chi connectivity index (χ4v) is 5.27. The van der Waals surface area contributed by atoms with E-state index in [1.807, 2.05) is 70.5 Å². The van der Waals surface area contributed by atoms with Gasteiger partial charge < -0.3 is 14.5 Å². The highest BCUT2D eigenvalue weighted by Crippen LogP contribution is 2.35. The quantitative estimate of drug-likeness (QED) is 0.608. The summed E-state index contributed by atoms with van der Waals surface area (Å²) < 4.78 is 5.54. The Morgan fingerprint density at radius 2 is 1.50 bits per heavy atom. The minimum atomic E-state index is -0.308. The summed E-state index contributed by atoms with van der Waals surface area (Å²) in [4.78, 5) is 35.3. The zero-order valence-electron chi connectivity index (χ0n) is 17.8. The van der Waals surface area contributed by atoms with Crippen molar-refractivity contribution in [2.45, 2.75) is 18.9 Å². The van der Waals surface area contributed by atoms with Gasteiger partial charge in [-0.1, -0.05) is 60.7 Å². The molecule has 2 aliphatic heterocycles. The van der Waals surface area contributed by atoms with Crippen LogP contribution in [0.1, 0.15) is 22.5 Å². The maximum atomic E-state index is 13.5. The number of rotatable bonds is 4. The lowest BCUT2D eigenvalue weighted by Gasteiger charge is -2.35. The van der Waals surface area contributed by atoms with Crippen molar-refractivity contribution in [3.05, 3.63) is 65.5 Å². The maximum Gasteiger partial charge on any atom is 0.266 e. The van der Waals surface area contributed by atoms with Crippen LogP contribution in [0.15, 0.2) is 60.7 Å². The first-order chi connectivity index (χ1) is 15.7. The van der Waals surface area contributed by atoms with Gasteiger partial charge in [0.15, 0.2) is 0 Å². The second-order valence-electron chi connectivity index (χ2n) is 8.05. The number of carbonyl (C=O) groups is 2. The number of hydrogen-bond acceptors (Lipinski definition) is 5. The lowest BCUT2D eigenvalue weighted by atomic mass is 10.1. The summed E-state index contributed by atoms with van der Waals surface area (Å²) in [7, 11) is 0. The van der Waals surface area contributed by atoms with E-state index in [0.29, 0.717) is 37.7 Å². The Kier molecular flexibility index (Phi) is 6.01. The van der Waals surface area contributed by atoms with E-state index in [1.165, 1.54) is 11.3 Å². The Hall–Kier alpha value is -3.03. The molecule has 2 aliphatic rings. The molecule has 0 aliphatic carbocycles. The van der Waals surface area contributed by atoms with Gasteiger partial charge in [0.25, 0.3) is 11.8 Å². The van der Waals surface area contributed by atoms with Gasteiger partial charge in [-0.05, 0) is 12.8 Å². The van der Waals surface area contributed by atoms with Crippen molar-refractivity contribution in [1.29, 1.82) is 0 Å². The normalized spacial score (nSPS) is 18.7. The number of nitrogens with zero attached hydrogens (tertiary/aromatic N) is 3. The highest BCUT2D eigenvalue weighted by atomic mass is 32.1. The Morgan fingerprint density at radius 3 is 2.12 bits per heavy atom. The molecule has 0 bridgehead atoms. The molecule has 1 atom stereocenters. The maximum absolute atomic E-state index is 13.5. The van der Waals surface area contributed by atoms with E-state index >= 15 is 0 Å². The zero-order valence-corrected chi connectivity index (χ0v) is 18.6. The van der Waals surface area contributed by atoms with E-state index in [4.69, 9.17) is 9.72 Å². The van der Waals surface area contributed by atoms with Crippen LogP contribution in [0.3, 0.4) is 0 Å². The molecule has 3 aromatic rings. The van der Waals surface area contributed by atoms with E-state index in [2.05, 4.69) is 0 Å². The van der Waals surface area contributed by atoms with Gasteiger partial charge >= 0.3 is 0 Å². The molecule has 3 heterocycles. The fourth-order valence-electron chi connectivity index (χ4n) is 4.21. The molecule has 1 aromatic heterocycles. The molecule has 0 spiro atoms. The number of thiazole rings is 1. The third-order valence-corrected chi connectivity index (χ3v) is 7.07. The summed E-state index contributed by atoms with van der Waals surface area (Å²) in [6, 6.07) is 19.8. The van der Waals surface area contributed by atoms with Crippen molar-refractivity contribution in [2.24, 2.45) is 0 Å². The van der Waals surface area contributed by atoms with Crippen molar-refractivity contribution in [1.82, 2.24) is 14.8 Å². The lowest BCUT2D eigenvalue weighted by Crippen LogP contribution is -2.52. The molecule has 164 valence electrons. The second-order valence-corrected chi connectivity index (χ2v) is 9.05. The van der Waals surface area contributed by atoms with Crippen molar-refractivity contribution < 1.29 is 14.3 Å². The number of ether oxygens (including phenoxy) is 1. The minimum absolute atomic E-state index is 0.0206. The van der Waals surface area contributed by atoms with Crippen molar-refractivity contribution >= 4 is 23.2 Å². The van der Waals surface area contributed by atoms with Gasteiger partial charge in [-0.2, -0.15) is 0 Å². The number of benzene rings is 2. The molecular formula is C25H25N3O3S. The van der Waals surface area contributed by atoms with E-state index in [0.717, 1.165) is 34.7 Å². The van der Waals surface area contributed by atoms with Crippen LogP contribution >= 0.6 is 11.3 Å². The smallest absolute Gasteiger partial charge is 0.266 e. The lowest BCUT2D eigenvalue weighted by molar-refractivity contribution is -0.142. The summed E-state index contributed by atoms with van der Waals surface area (Å²) in [5.41, 5.74) is 2.65. The van der Waals surface area contributed by atoms with Crippen LogP contribution in [0.25, 0.3) is 21.8 Å². The van der Waals surface area contributed by atoms with Crippen LogP contribution in [0, 0.1) is 0 Å². The molecule has 7 heteroatoms. The number of amides is 2. The van der Waals surface area contributed by atoms with Gasteiger partial charge in [-0.3, -0.25) is 9.59 Å². The average molecular weight is 448 g/mol. The second kappa shape index (κ2) is 9.22. The van der Waals surface area contributed by atoms with Crippen LogP contribution in [0.4, 0.5) is 0 Å². The SMILES string of the molecule is O=C(c1sc(-c2ccccc2)nc1-c1ccccc1)N1CCN(C(=O)C2CCCO2)CC1. The van der Waals surface area contributed by atoms with E-state index < -0.39 is 0 Å². The van der Waals surface area contributed by atoms with Crippen molar-refractivity contribution in [3.63, 3.8) is 0 Å². The molecule has 5 rings (SSSR count). The average Bonchev–Trinajstić information content (AvgIpc) is 3.55. The first-order valence-electron chi connectivity index (χ1n) is 11.0.